The molecular weight excluding hydrogens is 354 g/mol. The van der Waals surface area contributed by atoms with E-state index in [1.54, 1.807) is 11.8 Å². The number of nitrogens with zero attached hydrogens (tertiary/aromatic N) is 2. The lowest BCUT2D eigenvalue weighted by atomic mass is 9.94. The van der Waals surface area contributed by atoms with Gasteiger partial charge in [0.1, 0.15) is 5.82 Å². The third kappa shape index (κ3) is 3.22. The molecule has 3 heterocycles. The van der Waals surface area contributed by atoms with Crippen LogP contribution in [0, 0.1) is 0 Å². The van der Waals surface area contributed by atoms with Gasteiger partial charge in [0, 0.05) is 41.8 Å². The van der Waals surface area contributed by atoms with Crippen LogP contribution >= 0.6 is 11.8 Å². The van der Waals surface area contributed by atoms with Gasteiger partial charge in [0.15, 0.2) is 0 Å². The van der Waals surface area contributed by atoms with Crippen molar-refractivity contribution in [3.63, 3.8) is 0 Å². The maximum Gasteiger partial charge on any atom is 0.255 e. The Hall–Kier alpha value is -2.37. The molecule has 4 nitrogen and oxygen atoms in total. The lowest BCUT2D eigenvalue weighted by molar-refractivity contribution is 0.0819. The highest BCUT2D eigenvalue weighted by molar-refractivity contribution is 7.98. The van der Waals surface area contributed by atoms with Gasteiger partial charge in [0.2, 0.25) is 0 Å². The summed E-state index contributed by atoms with van der Waals surface area (Å²) in [5.41, 5.74) is 5.42. The minimum atomic E-state index is 0.0114. The number of benzene rings is 2. The van der Waals surface area contributed by atoms with Crippen LogP contribution < -0.4 is 5.56 Å². The van der Waals surface area contributed by atoms with Crippen LogP contribution in [0.4, 0.5) is 0 Å². The van der Waals surface area contributed by atoms with Crippen molar-refractivity contribution in [2.24, 2.45) is 0 Å². The Morgan fingerprint density at radius 2 is 2.00 bits per heavy atom. The lowest BCUT2D eigenvalue weighted by Crippen LogP contribution is -2.40. The molecule has 136 valence electrons. The molecule has 2 aliphatic rings. The first-order valence-electron chi connectivity index (χ1n) is 9.36. The first kappa shape index (κ1) is 16.8. The summed E-state index contributed by atoms with van der Waals surface area (Å²) < 4.78 is 0. The van der Waals surface area contributed by atoms with E-state index in [2.05, 4.69) is 58.4 Å². The van der Waals surface area contributed by atoms with Gasteiger partial charge in [0.05, 0.1) is 5.69 Å². The molecule has 0 amide bonds. The normalized spacial score (nSPS) is 18.9. The number of hydrogen-bond acceptors (Lipinski definition) is 4. The van der Waals surface area contributed by atoms with Crippen molar-refractivity contribution in [1.29, 1.82) is 0 Å². The van der Waals surface area contributed by atoms with Gasteiger partial charge in [-0.1, -0.05) is 48.5 Å². The summed E-state index contributed by atoms with van der Waals surface area (Å²) in [5, 5.41) is 0. The average molecular weight is 375 g/mol. The van der Waals surface area contributed by atoms with Gasteiger partial charge in [-0.05, 0) is 23.6 Å². The minimum absolute atomic E-state index is 0.0114. The lowest BCUT2D eigenvalue weighted by Gasteiger charge is -2.41. The number of rotatable bonds is 4. The third-order valence-electron chi connectivity index (χ3n) is 5.49. The first-order valence-corrected chi connectivity index (χ1v) is 10.5. The van der Waals surface area contributed by atoms with Crippen molar-refractivity contribution in [3.8, 4) is 11.4 Å². The van der Waals surface area contributed by atoms with Crippen molar-refractivity contribution in [2.75, 3.05) is 6.54 Å². The Morgan fingerprint density at radius 3 is 2.81 bits per heavy atom. The van der Waals surface area contributed by atoms with Crippen LogP contribution in [0.3, 0.4) is 0 Å². The third-order valence-corrected chi connectivity index (χ3v) is 6.46. The summed E-state index contributed by atoms with van der Waals surface area (Å²) in [6.45, 7) is 2.04. The van der Waals surface area contributed by atoms with Crippen LogP contribution in [0.1, 0.15) is 34.8 Å². The second-order valence-corrected chi connectivity index (χ2v) is 8.20. The molecule has 1 N–H and O–H groups in total. The Labute approximate surface area is 162 Å². The molecule has 0 radical (unpaired) electrons. The van der Waals surface area contributed by atoms with Crippen molar-refractivity contribution in [1.82, 2.24) is 14.9 Å². The molecule has 1 saturated heterocycles. The summed E-state index contributed by atoms with van der Waals surface area (Å²) in [4.78, 5) is 22.5. The summed E-state index contributed by atoms with van der Waals surface area (Å²) in [6, 6.07) is 19.6. The fourth-order valence-corrected chi connectivity index (χ4v) is 4.97. The van der Waals surface area contributed by atoms with Crippen LogP contribution in [-0.4, -0.2) is 21.4 Å². The Morgan fingerprint density at radius 1 is 1.11 bits per heavy atom. The summed E-state index contributed by atoms with van der Waals surface area (Å²) in [5.74, 6) is 2.29. The summed E-state index contributed by atoms with van der Waals surface area (Å²) in [6.07, 6.45) is 1.21. The van der Waals surface area contributed by atoms with Gasteiger partial charge in [-0.15, -0.1) is 0 Å². The van der Waals surface area contributed by atoms with Crippen LogP contribution in [0.25, 0.3) is 11.4 Å². The van der Waals surface area contributed by atoms with Gasteiger partial charge in [-0.25, -0.2) is 4.98 Å². The van der Waals surface area contributed by atoms with E-state index < -0.39 is 0 Å². The number of aromatic amines is 1. The maximum atomic E-state index is 12.3. The number of aromatic nitrogens is 2. The largest absolute Gasteiger partial charge is 0.306 e. The number of hydrogen-bond donors (Lipinski definition) is 1. The van der Waals surface area contributed by atoms with Gasteiger partial charge in [-0.2, -0.15) is 11.8 Å². The molecule has 2 aliphatic heterocycles. The SMILES string of the molecule is O=c1[nH]c(-c2cccc(CN3CCC3c3ccccc3)c2)nc2c1CSC2. The van der Waals surface area contributed by atoms with Crippen LogP contribution in [-0.2, 0) is 18.1 Å². The fourth-order valence-electron chi connectivity index (χ4n) is 3.93. The Kier molecular flexibility index (Phi) is 4.34. The zero-order valence-electron chi connectivity index (χ0n) is 15.0. The van der Waals surface area contributed by atoms with E-state index in [1.807, 2.05) is 6.07 Å². The molecule has 3 aromatic rings. The zero-order valence-corrected chi connectivity index (χ0v) is 15.8. The number of thioether (sulfide) groups is 1. The highest BCUT2D eigenvalue weighted by Crippen LogP contribution is 2.34. The Bertz CT molecular complexity index is 1030. The number of likely N-dealkylation sites (tertiary alicyclic amines) is 1. The molecule has 1 aromatic heterocycles. The van der Waals surface area contributed by atoms with Crippen molar-refractivity contribution in [3.05, 3.63) is 87.3 Å². The summed E-state index contributed by atoms with van der Waals surface area (Å²) >= 11 is 1.75. The van der Waals surface area contributed by atoms with E-state index in [0.717, 1.165) is 41.4 Å². The van der Waals surface area contributed by atoms with Crippen molar-refractivity contribution < 1.29 is 0 Å². The standard InChI is InChI=1S/C22H21N3OS/c26-22-18-13-27-14-19(18)23-21(24-22)17-8-4-5-15(11-17)12-25-10-9-20(25)16-6-2-1-3-7-16/h1-8,11,20H,9-10,12-14H2,(H,23,24,26). The molecular formula is C22H21N3OS. The number of fused-ring (bicyclic) bond motifs is 1. The number of nitrogens with one attached hydrogen (secondary N) is 1. The highest BCUT2D eigenvalue weighted by atomic mass is 32.2. The van der Waals surface area contributed by atoms with E-state index in [0.29, 0.717) is 11.9 Å². The predicted molar refractivity (Wildman–Crippen MR) is 110 cm³/mol. The molecule has 0 aliphatic carbocycles. The zero-order chi connectivity index (χ0) is 18.2. The quantitative estimate of drug-likeness (QED) is 0.745. The minimum Gasteiger partial charge on any atom is -0.306 e. The van der Waals surface area contributed by atoms with E-state index in [9.17, 15) is 4.79 Å². The van der Waals surface area contributed by atoms with Gasteiger partial charge < -0.3 is 4.98 Å². The highest BCUT2D eigenvalue weighted by Gasteiger charge is 2.29. The van der Waals surface area contributed by atoms with E-state index >= 15 is 0 Å². The monoisotopic (exact) mass is 375 g/mol. The molecule has 1 fully saturated rings. The van der Waals surface area contributed by atoms with Crippen molar-refractivity contribution in [2.45, 2.75) is 30.5 Å². The molecule has 27 heavy (non-hydrogen) atoms. The molecule has 0 bridgehead atoms. The van der Waals surface area contributed by atoms with Crippen LogP contribution in [0.5, 0.6) is 0 Å². The molecule has 0 saturated carbocycles. The van der Waals surface area contributed by atoms with Crippen molar-refractivity contribution >= 4 is 11.8 Å². The van der Waals surface area contributed by atoms with E-state index in [1.165, 1.54) is 17.5 Å². The fraction of sp³-hybridized carbons (Fsp3) is 0.273. The molecule has 5 heteroatoms. The van der Waals surface area contributed by atoms with E-state index in [-0.39, 0.29) is 5.56 Å². The Balaban J connectivity index is 1.39. The molecule has 1 atom stereocenters. The summed E-state index contributed by atoms with van der Waals surface area (Å²) in [7, 11) is 0. The van der Waals surface area contributed by atoms with E-state index in [4.69, 9.17) is 4.98 Å². The van der Waals surface area contributed by atoms with Gasteiger partial charge in [-0.3, -0.25) is 9.69 Å². The van der Waals surface area contributed by atoms with Gasteiger partial charge >= 0.3 is 0 Å². The smallest absolute Gasteiger partial charge is 0.255 e. The predicted octanol–water partition coefficient (Wildman–Crippen LogP) is 4.13. The number of H-pyrrole nitrogens is 1. The second-order valence-electron chi connectivity index (χ2n) is 7.22. The van der Waals surface area contributed by atoms with Crippen LogP contribution in [0.15, 0.2) is 59.4 Å². The first-order chi connectivity index (χ1) is 13.3. The molecule has 2 aromatic carbocycles. The average Bonchev–Trinajstić information content (AvgIpc) is 3.16. The van der Waals surface area contributed by atoms with Crippen LogP contribution in [0.2, 0.25) is 0 Å². The second kappa shape index (κ2) is 6.98. The molecule has 1 unspecified atom stereocenters. The topological polar surface area (TPSA) is 49.0 Å². The molecule has 5 rings (SSSR count). The maximum absolute atomic E-state index is 12.3. The van der Waals surface area contributed by atoms with Gasteiger partial charge in [0.25, 0.3) is 5.56 Å². The molecule has 0 spiro atoms.